The molecule has 1 amide bonds. The van der Waals surface area contributed by atoms with Gasteiger partial charge in [-0.1, -0.05) is 31.2 Å². The van der Waals surface area contributed by atoms with Gasteiger partial charge in [0, 0.05) is 30.4 Å². The number of rotatable bonds is 8. The summed E-state index contributed by atoms with van der Waals surface area (Å²) in [4.78, 5) is 26.3. The van der Waals surface area contributed by atoms with Crippen molar-refractivity contribution in [1.29, 1.82) is 0 Å². The van der Waals surface area contributed by atoms with Crippen molar-refractivity contribution in [3.05, 3.63) is 64.6 Å². The fraction of sp³-hybridized carbons (Fsp3) is 0.320. The first-order chi connectivity index (χ1) is 16.0. The Labute approximate surface area is 191 Å². The van der Waals surface area contributed by atoms with Gasteiger partial charge in [-0.05, 0) is 30.5 Å². The van der Waals surface area contributed by atoms with Crippen LogP contribution in [0.5, 0.6) is 11.5 Å². The van der Waals surface area contributed by atoms with Crippen LogP contribution in [-0.2, 0) is 18.3 Å². The molecule has 4 rings (SSSR count). The number of para-hydroxylation sites is 1. The van der Waals surface area contributed by atoms with Gasteiger partial charge in [0.05, 0.1) is 25.9 Å². The predicted molar refractivity (Wildman–Crippen MR) is 128 cm³/mol. The van der Waals surface area contributed by atoms with E-state index in [0.717, 1.165) is 21.9 Å². The lowest BCUT2D eigenvalue weighted by atomic mass is 10.1. The van der Waals surface area contributed by atoms with Gasteiger partial charge in [0.2, 0.25) is 5.91 Å². The Kier molecular flexibility index (Phi) is 6.35. The van der Waals surface area contributed by atoms with E-state index < -0.39 is 6.04 Å². The molecule has 1 N–H and O–H groups in total. The van der Waals surface area contributed by atoms with Crippen LogP contribution in [0.2, 0.25) is 0 Å². The maximum Gasteiger partial charge on any atom is 0.291 e. The molecule has 0 spiro atoms. The lowest BCUT2D eigenvalue weighted by molar-refractivity contribution is -0.124. The Balaban J connectivity index is 1.63. The van der Waals surface area contributed by atoms with E-state index in [9.17, 15) is 9.59 Å². The van der Waals surface area contributed by atoms with Gasteiger partial charge in [0.15, 0.2) is 0 Å². The minimum Gasteiger partial charge on any atom is -0.497 e. The lowest BCUT2D eigenvalue weighted by Crippen LogP contribution is -2.34. The Morgan fingerprint density at radius 3 is 2.64 bits per heavy atom. The number of methoxy groups -OCH3 is 2. The van der Waals surface area contributed by atoms with Crippen LogP contribution in [-0.4, -0.2) is 41.0 Å². The fourth-order valence-electron chi connectivity index (χ4n) is 4.29. The van der Waals surface area contributed by atoms with Crippen molar-refractivity contribution in [3.8, 4) is 11.5 Å². The third-order valence-electron chi connectivity index (χ3n) is 6.00. The number of hydrogen-bond acceptors (Lipinski definition) is 5. The summed E-state index contributed by atoms with van der Waals surface area (Å²) in [6.45, 7) is 2.39. The van der Waals surface area contributed by atoms with Gasteiger partial charge in [0.25, 0.3) is 5.56 Å². The molecular formula is C25H28N4O4. The number of nitrogens with one attached hydrogen (secondary N) is 1. The highest BCUT2D eigenvalue weighted by Gasteiger charge is 2.25. The van der Waals surface area contributed by atoms with Crippen LogP contribution in [0.4, 0.5) is 0 Å². The number of aromatic nitrogens is 3. The molecule has 172 valence electrons. The quantitative estimate of drug-likeness (QED) is 0.447. The summed E-state index contributed by atoms with van der Waals surface area (Å²) >= 11 is 0. The van der Waals surface area contributed by atoms with Gasteiger partial charge in [-0.3, -0.25) is 9.59 Å². The van der Waals surface area contributed by atoms with Crippen LogP contribution in [0.25, 0.3) is 21.8 Å². The van der Waals surface area contributed by atoms with Crippen LogP contribution in [0.1, 0.15) is 24.9 Å². The zero-order valence-electron chi connectivity index (χ0n) is 19.3. The van der Waals surface area contributed by atoms with Gasteiger partial charge in [-0.15, -0.1) is 0 Å². The molecule has 1 unspecified atom stereocenters. The summed E-state index contributed by atoms with van der Waals surface area (Å²) in [5.41, 5.74) is 2.09. The standard InChI is InChI=1S/C25H28N4O4/c1-5-20(24(30)26-13-12-16-10-11-17(32-3)14-22(16)33-4)29-21-9-7-6-8-18(21)19-15-27-28(2)25(31)23(19)29/h6-11,14-15,20H,5,12-13H2,1-4H3,(H,26,30). The van der Waals surface area contributed by atoms with E-state index in [1.807, 2.05) is 54.0 Å². The number of ether oxygens (including phenoxy) is 2. The molecule has 0 saturated carbocycles. The summed E-state index contributed by atoms with van der Waals surface area (Å²) in [7, 11) is 4.84. The Morgan fingerprint density at radius 1 is 1.12 bits per heavy atom. The molecule has 8 nitrogen and oxygen atoms in total. The predicted octanol–water partition coefficient (Wildman–Crippen LogP) is 3.22. The van der Waals surface area contributed by atoms with Gasteiger partial charge in [-0.25, -0.2) is 4.68 Å². The van der Waals surface area contributed by atoms with Crippen LogP contribution in [0, 0.1) is 0 Å². The molecule has 0 saturated heterocycles. The monoisotopic (exact) mass is 448 g/mol. The summed E-state index contributed by atoms with van der Waals surface area (Å²) < 4.78 is 13.9. The lowest BCUT2D eigenvalue weighted by Gasteiger charge is -2.19. The number of hydrogen-bond donors (Lipinski definition) is 1. The largest absolute Gasteiger partial charge is 0.497 e. The van der Waals surface area contributed by atoms with Crippen LogP contribution >= 0.6 is 0 Å². The topological polar surface area (TPSA) is 87.4 Å². The normalized spacial score (nSPS) is 12.1. The molecule has 2 aromatic heterocycles. The summed E-state index contributed by atoms with van der Waals surface area (Å²) in [5.74, 6) is 1.30. The molecule has 0 aliphatic carbocycles. The van der Waals surface area contributed by atoms with Crippen LogP contribution in [0.3, 0.4) is 0 Å². The first-order valence-electron chi connectivity index (χ1n) is 10.9. The highest BCUT2D eigenvalue weighted by atomic mass is 16.5. The zero-order valence-corrected chi connectivity index (χ0v) is 19.3. The van der Waals surface area contributed by atoms with Crippen molar-refractivity contribution in [1.82, 2.24) is 19.7 Å². The van der Waals surface area contributed by atoms with Crippen molar-refractivity contribution in [2.75, 3.05) is 20.8 Å². The van der Waals surface area contributed by atoms with Crippen molar-refractivity contribution < 1.29 is 14.3 Å². The number of carbonyl (C=O) groups excluding carboxylic acids is 1. The number of aryl methyl sites for hydroxylation is 1. The van der Waals surface area contributed by atoms with Crippen molar-refractivity contribution >= 4 is 27.7 Å². The minimum atomic E-state index is -0.528. The van der Waals surface area contributed by atoms with Gasteiger partial charge in [0.1, 0.15) is 23.1 Å². The fourth-order valence-corrected chi connectivity index (χ4v) is 4.29. The average molecular weight is 449 g/mol. The van der Waals surface area contributed by atoms with E-state index in [-0.39, 0.29) is 11.5 Å². The highest BCUT2D eigenvalue weighted by molar-refractivity contribution is 6.08. The second-order valence-electron chi connectivity index (χ2n) is 7.87. The second kappa shape index (κ2) is 9.36. The SMILES string of the molecule is CCC(C(=O)NCCc1ccc(OC)cc1OC)n1c2ccccc2c2cnn(C)c(=O)c21. The van der Waals surface area contributed by atoms with Gasteiger partial charge < -0.3 is 19.4 Å². The highest BCUT2D eigenvalue weighted by Crippen LogP contribution is 2.31. The molecule has 0 aliphatic heterocycles. The number of amides is 1. The van der Waals surface area contributed by atoms with Crippen LogP contribution < -0.4 is 20.3 Å². The van der Waals surface area contributed by atoms with Gasteiger partial charge >= 0.3 is 0 Å². The Morgan fingerprint density at radius 2 is 1.91 bits per heavy atom. The summed E-state index contributed by atoms with van der Waals surface area (Å²) in [6.07, 6.45) is 2.83. The Bertz CT molecular complexity index is 1370. The Hall–Kier alpha value is -3.81. The molecule has 33 heavy (non-hydrogen) atoms. The van der Waals surface area contributed by atoms with E-state index in [1.165, 1.54) is 4.68 Å². The molecule has 4 aromatic rings. The zero-order chi connectivity index (χ0) is 23.5. The van der Waals surface area contributed by atoms with Crippen LogP contribution in [0.15, 0.2) is 53.5 Å². The minimum absolute atomic E-state index is 0.133. The number of fused-ring (bicyclic) bond motifs is 3. The first-order valence-corrected chi connectivity index (χ1v) is 10.9. The van der Waals surface area contributed by atoms with E-state index in [4.69, 9.17) is 9.47 Å². The van der Waals surface area contributed by atoms with Gasteiger partial charge in [-0.2, -0.15) is 5.10 Å². The molecular weight excluding hydrogens is 420 g/mol. The smallest absolute Gasteiger partial charge is 0.291 e. The third-order valence-corrected chi connectivity index (χ3v) is 6.00. The van der Waals surface area contributed by atoms with E-state index >= 15 is 0 Å². The maximum atomic E-state index is 13.3. The molecule has 0 radical (unpaired) electrons. The molecule has 0 fully saturated rings. The maximum absolute atomic E-state index is 13.3. The van der Waals surface area contributed by atoms with Crippen molar-refractivity contribution in [3.63, 3.8) is 0 Å². The number of nitrogens with zero attached hydrogens (tertiary/aromatic N) is 3. The van der Waals surface area contributed by atoms with E-state index in [2.05, 4.69) is 10.4 Å². The molecule has 2 aromatic carbocycles. The number of carbonyl (C=O) groups is 1. The summed E-state index contributed by atoms with van der Waals surface area (Å²) in [5, 5.41) is 8.89. The average Bonchev–Trinajstić information content (AvgIpc) is 3.17. The number of benzene rings is 2. The first kappa shape index (κ1) is 22.4. The van der Waals surface area contributed by atoms with Crippen molar-refractivity contribution in [2.45, 2.75) is 25.8 Å². The molecule has 2 heterocycles. The van der Waals surface area contributed by atoms with E-state index in [0.29, 0.717) is 36.4 Å². The molecule has 0 bridgehead atoms. The van der Waals surface area contributed by atoms with E-state index in [1.54, 1.807) is 27.5 Å². The molecule has 0 aliphatic rings. The third kappa shape index (κ3) is 4.04. The molecule has 1 atom stereocenters. The summed E-state index contributed by atoms with van der Waals surface area (Å²) in [6, 6.07) is 12.8. The molecule has 8 heteroatoms. The van der Waals surface area contributed by atoms with Crippen molar-refractivity contribution in [2.24, 2.45) is 7.05 Å². The second-order valence-corrected chi connectivity index (χ2v) is 7.87.